The Bertz CT molecular complexity index is 1710. The maximum Gasteiger partial charge on any atom is 0.132 e. The lowest BCUT2D eigenvalue weighted by Crippen LogP contribution is -2.25. The predicted octanol–water partition coefficient (Wildman–Crippen LogP) is 8.48. The van der Waals surface area contributed by atoms with Gasteiger partial charge < -0.3 is 10.2 Å². The van der Waals surface area contributed by atoms with Gasteiger partial charge in [-0.25, -0.2) is 4.98 Å². The molecule has 7 rings (SSSR count). The number of aromatic nitrogens is 1. The molecule has 4 heteroatoms. The summed E-state index contributed by atoms with van der Waals surface area (Å²) < 4.78 is 1.29. The Balaban J connectivity index is 1.52. The summed E-state index contributed by atoms with van der Waals surface area (Å²) in [4.78, 5) is 8.24. The van der Waals surface area contributed by atoms with Crippen LogP contribution in [0.5, 0.6) is 0 Å². The minimum atomic E-state index is -0.0108. The highest BCUT2D eigenvalue weighted by atomic mass is 32.1. The monoisotopic (exact) mass is 457 g/mol. The standard InChI is InChI=1S/C30H23N3S/c1-18-8-5-9-19(2)27(18)33-26-17-21-11-4-3-10-20(21)16-25(26)32-29(33)24-13-6-12-22-23-14-7-15-31-30(23)34-28(22)24/h3-17,29,32H,1-2H3. The first-order chi connectivity index (χ1) is 16.7. The molecule has 0 saturated carbocycles. The van der Waals surface area contributed by atoms with Crippen LogP contribution < -0.4 is 10.2 Å². The number of aryl methyl sites for hydroxylation is 2. The normalized spacial score (nSPS) is 15.2. The number of pyridine rings is 1. The van der Waals surface area contributed by atoms with E-state index < -0.39 is 0 Å². The fourth-order valence-corrected chi connectivity index (χ4v) is 6.60. The second kappa shape index (κ2) is 7.31. The summed E-state index contributed by atoms with van der Waals surface area (Å²) in [6, 6.07) is 30.7. The highest BCUT2D eigenvalue weighted by Gasteiger charge is 2.34. The molecule has 0 amide bonds. The Morgan fingerprint density at radius 3 is 2.35 bits per heavy atom. The zero-order chi connectivity index (χ0) is 22.8. The Morgan fingerprint density at radius 2 is 1.53 bits per heavy atom. The molecule has 0 fully saturated rings. The number of thiophene rings is 1. The molecule has 0 saturated heterocycles. The summed E-state index contributed by atoms with van der Waals surface area (Å²) in [6.45, 7) is 4.42. The molecule has 3 nitrogen and oxygen atoms in total. The van der Waals surface area contributed by atoms with Crippen molar-refractivity contribution in [1.29, 1.82) is 0 Å². The van der Waals surface area contributed by atoms with Crippen molar-refractivity contribution in [3.8, 4) is 0 Å². The number of benzene rings is 4. The van der Waals surface area contributed by atoms with Gasteiger partial charge in [-0.15, -0.1) is 11.3 Å². The van der Waals surface area contributed by atoms with Gasteiger partial charge in [0.25, 0.3) is 0 Å². The van der Waals surface area contributed by atoms with Crippen molar-refractivity contribution in [3.63, 3.8) is 0 Å². The molecular formula is C30H23N3S. The van der Waals surface area contributed by atoms with Gasteiger partial charge in [0.1, 0.15) is 11.0 Å². The molecule has 34 heavy (non-hydrogen) atoms. The molecule has 2 aromatic heterocycles. The lowest BCUT2D eigenvalue weighted by Gasteiger charge is -2.30. The molecule has 164 valence electrons. The van der Waals surface area contributed by atoms with E-state index in [1.807, 2.05) is 12.3 Å². The zero-order valence-electron chi connectivity index (χ0n) is 19.0. The molecule has 0 radical (unpaired) electrons. The van der Waals surface area contributed by atoms with E-state index in [0.717, 1.165) is 4.83 Å². The van der Waals surface area contributed by atoms with Crippen molar-refractivity contribution < 1.29 is 0 Å². The molecule has 6 aromatic rings. The van der Waals surface area contributed by atoms with E-state index in [1.54, 1.807) is 11.3 Å². The van der Waals surface area contributed by atoms with E-state index in [-0.39, 0.29) is 6.17 Å². The number of fused-ring (bicyclic) bond motifs is 5. The second-order valence-corrected chi connectivity index (χ2v) is 10.1. The summed E-state index contributed by atoms with van der Waals surface area (Å²) in [7, 11) is 0. The molecule has 0 spiro atoms. The van der Waals surface area contributed by atoms with Crippen LogP contribution in [0.4, 0.5) is 17.1 Å². The topological polar surface area (TPSA) is 28.2 Å². The Labute approximate surface area is 202 Å². The fourth-order valence-electron chi connectivity index (χ4n) is 5.42. The van der Waals surface area contributed by atoms with E-state index >= 15 is 0 Å². The quantitative estimate of drug-likeness (QED) is 0.283. The third kappa shape index (κ3) is 2.79. The van der Waals surface area contributed by atoms with Crippen LogP contribution in [0.25, 0.3) is 31.1 Å². The van der Waals surface area contributed by atoms with Gasteiger partial charge in [0.15, 0.2) is 0 Å². The van der Waals surface area contributed by atoms with E-state index in [9.17, 15) is 0 Å². The van der Waals surface area contributed by atoms with Gasteiger partial charge in [0, 0.05) is 32.9 Å². The van der Waals surface area contributed by atoms with Gasteiger partial charge in [-0.3, -0.25) is 0 Å². The van der Waals surface area contributed by atoms with Crippen molar-refractivity contribution in [2.45, 2.75) is 20.0 Å². The largest absolute Gasteiger partial charge is 0.359 e. The van der Waals surface area contributed by atoms with Crippen LogP contribution in [0, 0.1) is 13.8 Å². The molecule has 1 atom stereocenters. The third-order valence-electron chi connectivity index (χ3n) is 6.95. The van der Waals surface area contributed by atoms with Crippen LogP contribution in [0.1, 0.15) is 22.9 Å². The first kappa shape index (κ1) is 19.6. The average molecular weight is 458 g/mol. The summed E-state index contributed by atoms with van der Waals surface area (Å²) in [6.07, 6.45) is 1.87. The number of nitrogens with one attached hydrogen (secondary N) is 1. The summed E-state index contributed by atoms with van der Waals surface area (Å²) >= 11 is 1.78. The van der Waals surface area contributed by atoms with Crippen LogP contribution in [0.15, 0.2) is 91.1 Å². The molecule has 1 aliphatic heterocycles. The maximum atomic E-state index is 4.65. The summed E-state index contributed by atoms with van der Waals surface area (Å²) in [5, 5.41) is 8.90. The molecule has 1 unspecified atom stereocenters. The van der Waals surface area contributed by atoms with E-state index in [0.29, 0.717) is 0 Å². The van der Waals surface area contributed by atoms with E-state index in [2.05, 4.69) is 108 Å². The zero-order valence-corrected chi connectivity index (χ0v) is 19.9. The molecular weight excluding hydrogens is 434 g/mol. The van der Waals surface area contributed by atoms with Gasteiger partial charge in [-0.05, 0) is 60.0 Å². The first-order valence-corrected chi connectivity index (χ1v) is 12.4. The summed E-state index contributed by atoms with van der Waals surface area (Å²) in [5.74, 6) is 0. The minimum Gasteiger partial charge on any atom is -0.359 e. The predicted molar refractivity (Wildman–Crippen MR) is 145 cm³/mol. The van der Waals surface area contributed by atoms with Gasteiger partial charge in [0.2, 0.25) is 0 Å². The lowest BCUT2D eigenvalue weighted by molar-refractivity contribution is 0.831. The van der Waals surface area contributed by atoms with Crippen molar-refractivity contribution in [1.82, 2.24) is 4.98 Å². The Morgan fingerprint density at radius 1 is 0.794 bits per heavy atom. The van der Waals surface area contributed by atoms with Gasteiger partial charge in [-0.1, -0.05) is 60.7 Å². The summed E-state index contributed by atoms with van der Waals surface area (Å²) in [5.41, 5.74) is 7.49. The number of para-hydroxylation sites is 1. The average Bonchev–Trinajstić information content (AvgIpc) is 3.41. The number of anilines is 3. The van der Waals surface area contributed by atoms with Crippen molar-refractivity contribution in [2.24, 2.45) is 0 Å². The Kier molecular flexibility index (Phi) is 4.20. The van der Waals surface area contributed by atoms with Crippen LogP contribution in [-0.2, 0) is 0 Å². The molecule has 0 aliphatic carbocycles. The SMILES string of the molecule is Cc1cccc(C)c1N1c2cc3ccccc3cc2NC1c1cccc2c1sc1ncccc12. The van der Waals surface area contributed by atoms with E-state index in [1.165, 1.54) is 60.0 Å². The van der Waals surface area contributed by atoms with Crippen LogP contribution in [0.3, 0.4) is 0 Å². The lowest BCUT2D eigenvalue weighted by atomic mass is 10.0. The molecule has 0 bridgehead atoms. The van der Waals surface area contributed by atoms with Crippen LogP contribution >= 0.6 is 11.3 Å². The van der Waals surface area contributed by atoms with Crippen LogP contribution in [-0.4, -0.2) is 4.98 Å². The van der Waals surface area contributed by atoms with E-state index in [4.69, 9.17) is 0 Å². The van der Waals surface area contributed by atoms with Gasteiger partial charge in [-0.2, -0.15) is 0 Å². The highest BCUT2D eigenvalue weighted by Crippen LogP contribution is 2.51. The fraction of sp³-hybridized carbons (Fsp3) is 0.100. The number of nitrogens with zero attached hydrogens (tertiary/aromatic N) is 2. The van der Waals surface area contributed by atoms with Crippen LogP contribution in [0.2, 0.25) is 0 Å². The van der Waals surface area contributed by atoms with Gasteiger partial charge in [0.05, 0.1) is 11.4 Å². The number of hydrogen-bond acceptors (Lipinski definition) is 4. The Hall–Kier alpha value is -3.89. The highest BCUT2D eigenvalue weighted by molar-refractivity contribution is 7.25. The van der Waals surface area contributed by atoms with Crippen molar-refractivity contribution >= 4 is 59.5 Å². The molecule has 3 heterocycles. The van der Waals surface area contributed by atoms with Gasteiger partial charge >= 0.3 is 0 Å². The third-order valence-corrected chi connectivity index (χ3v) is 8.13. The molecule has 4 aromatic carbocycles. The minimum absolute atomic E-state index is 0.0108. The van der Waals surface area contributed by atoms with Crippen molar-refractivity contribution in [2.75, 3.05) is 10.2 Å². The number of hydrogen-bond donors (Lipinski definition) is 1. The van der Waals surface area contributed by atoms with Crippen molar-refractivity contribution in [3.05, 3.63) is 108 Å². The number of rotatable bonds is 2. The first-order valence-electron chi connectivity index (χ1n) is 11.6. The molecule has 1 aliphatic rings. The maximum absolute atomic E-state index is 4.65. The smallest absolute Gasteiger partial charge is 0.132 e. The molecule has 1 N–H and O–H groups in total. The second-order valence-electron chi connectivity index (χ2n) is 9.06.